The normalized spacial score (nSPS) is 18.8. The Morgan fingerprint density at radius 1 is 1.38 bits per heavy atom. The molecular weight excluding hydrogens is 310 g/mol. The zero-order valence-corrected chi connectivity index (χ0v) is 13.3. The molecule has 4 nitrogen and oxygen atoms in total. The van der Waals surface area contributed by atoms with Crippen molar-refractivity contribution in [3.63, 3.8) is 0 Å². The molecule has 21 heavy (non-hydrogen) atoms. The Kier molecular flexibility index (Phi) is 5.17. The van der Waals surface area contributed by atoms with Crippen LogP contribution in [-0.2, 0) is 9.59 Å². The van der Waals surface area contributed by atoms with Gasteiger partial charge in [0, 0.05) is 5.02 Å². The highest BCUT2D eigenvalue weighted by Gasteiger charge is 2.42. The third kappa shape index (κ3) is 3.71. The molecule has 1 saturated heterocycles. The average molecular weight is 328 g/mol. The first kappa shape index (κ1) is 16.2. The molecule has 1 aromatic rings. The summed E-state index contributed by atoms with van der Waals surface area (Å²) in [5.74, 6) is -0.161. The molecule has 0 aromatic heterocycles. The molecule has 1 amide bonds. The van der Waals surface area contributed by atoms with Gasteiger partial charge in [0.05, 0.1) is 5.92 Å². The predicted octanol–water partition coefficient (Wildman–Crippen LogP) is 2.91. The molecule has 1 atom stereocenters. The summed E-state index contributed by atoms with van der Waals surface area (Å²) in [5.41, 5.74) is -0.347. The number of carbonyl (C=O) groups is 2. The lowest BCUT2D eigenvalue weighted by Crippen LogP contribution is -2.57. The minimum absolute atomic E-state index is 0.272. The number of halogens is 1. The highest BCUT2D eigenvalue weighted by atomic mass is 35.5. The molecule has 0 aliphatic carbocycles. The monoisotopic (exact) mass is 327 g/mol. The smallest absolute Gasteiger partial charge is 0.329 e. The van der Waals surface area contributed by atoms with Gasteiger partial charge in [-0.15, -0.1) is 0 Å². The second-order valence-electron chi connectivity index (χ2n) is 5.27. The number of hydrogen-bond donors (Lipinski definition) is 2. The maximum Gasteiger partial charge on any atom is 0.329 e. The van der Waals surface area contributed by atoms with E-state index in [0.29, 0.717) is 17.9 Å². The first-order valence-electron chi connectivity index (χ1n) is 6.83. The number of amides is 1. The highest BCUT2D eigenvalue weighted by Crippen LogP contribution is 2.29. The zero-order valence-electron chi connectivity index (χ0n) is 11.8. The van der Waals surface area contributed by atoms with Gasteiger partial charge in [-0.2, -0.15) is 11.8 Å². The number of thioether (sulfide) groups is 1. The maximum absolute atomic E-state index is 12.4. The fourth-order valence-electron chi connectivity index (χ4n) is 2.38. The van der Waals surface area contributed by atoms with E-state index < -0.39 is 17.4 Å². The molecule has 114 valence electrons. The molecular formula is C15H18ClNO3S. The molecule has 0 bridgehead atoms. The van der Waals surface area contributed by atoms with Crippen LogP contribution in [0.3, 0.4) is 0 Å². The van der Waals surface area contributed by atoms with Crippen LogP contribution in [0.25, 0.3) is 0 Å². The lowest BCUT2D eigenvalue weighted by atomic mass is 9.90. The Hall–Kier alpha value is -1.20. The second-order valence-corrected chi connectivity index (χ2v) is 6.93. The van der Waals surface area contributed by atoms with Crippen molar-refractivity contribution in [3.8, 4) is 0 Å². The van der Waals surface area contributed by atoms with Crippen LogP contribution in [-0.4, -0.2) is 34.0 Å². The van der Waals surface area contributed by atoms with Crippen LogP contribution < -0.4 is 5.32 Å². The summed E-state index contributed by atoms with van der Waals surface area (Å²) in [6.07, 6.45) is 0.919. The predicted molar refractivity (Wildman–Crippen MR) is 84.9 cm³/mol. The molecule has 6 heteroatoms. The summed E-state index contributed by atoms with van der Waals surface area (Å²) in [6.45, 7) is 1.76. The third-order valence-corrected chi connectivity index (χ3v) is 5.08. The van der Waals surface area contributed by atoms with Crippen LogP contribution in [0.2, 0.25) is 5.02 Å². The van der Waals surface area contributed by atoms with Crippen LogP contribution in [0.1, 0.15) is 31.2 Å². The van der Waals surface area contributed by atoms with Crippen LogP contribution in [0.5, 0.6) is 0 Å². The first-order valence-corrected chi connectivity index (χ1v) is 8.36. The molecule has 1 aliphatic heterocycles. The summed E-state index contributed by atoms with van der Waals surface area (Å²) in [5, 5.41) is 12.8. The number of aliphatic carboxylic acids is 1. The van der Waals surface area contributed by atoms with Gasteiger partial charge in [-0.1, -0.05) is 23.7 Å². The average Bonchev–Trinajstić information content (AvgIpc) is 2.47. The van der Waals surface area contributed by atoms with E-state index in [1.165, 1.54) is 0 Å². The van der Waals surface area contributed by atoms with Gasteiger partial charge in [0.15, 0.2) is 0 Å². The van der Waals surface area contributed by atoms with Crippen molar-refractivity contribution in [3.05, 3.63) is 34.9 Å². The van der Waals surface area contributed by atoms with Crippen molar-refractivity contribution < 1.29 is 14.7 Å². The van der Waals surface area contributed by atoms with Gasteiger partial charge in [-0.25, -0.2) is 4.79 Å². The van der Waals surface area contributed by atoms with Gasteiger partial charge < -0.3 is 10.4 Å². The molecule has 0 radical (unpaired) electrons. The van der Waals surface area contributed by atoms with Gasteiger partial charge >= 0.3 is 5.97 Å². The third-order valence-electron chi connectivity index (χ3n) is 3.86. The van der Waals surface area contributed by atoms with Crippen molar-refractivity contribution in [2.24, 2.45) is 0 Å². The topological polar surface area (TPSA) is 66.4 Å². The minimum atomic E-state index is -1.13. The van der Waals surface area contributed by atoms with E-state index in [0.717, 1.165) is 17.1 Å². The van der Waals surface area contributed by atoms with E-state index in [-0.39, 0.29) is 5.91 Å². The fourth-order valence-corrected chi connectivity index (χ4v) is 3.77. The number of hydrogen-bond acceptors (Lipinski definition) is 3. The summed E-state index contributed by atoms with van der Waals surface area (Å²) in [7, 11) is 0. The summed E-state index contributed by atoms with van der Waals surface area (Å²) >= 11 is 7.65. The van der Waals surface area contributed by atoms with Crippen molar-refractivity contribution in [1.82, 2.24) is 5.32 Å². The highest BCUT2D eigenvalue weighted by molar-refractivity contribution is 7.99. The van der Waals surface area contributed by atoms with Gasteiger partial charge in [0.2, 0.25) is 5.91 Å². The molecule has 0 saturated carbocycles. The number of nitrogens with one attached hydrogen (secondary N) is 1. The lowest BCUT2D eigenvalue weighted by molar-refractivity contribution is -0.148. The minimum Gasteiger partial charge on any atom is -0.480 e. The quantitative estimate of drug-likeness (QED) is 0.892. The molecule has 1 aliphatic rings. The Morgan fingerprint density at radius 3 is 2.62 bits per heavy atom. The number of benzene rings is 1. The summed E-state index contributed by atoms with van der Waals surface area (Å²) in [6, 6.07) is 7.08. The number of rotatable bonds is 4. The van der Waals surface area contributed by atoms with E-state index in [9.17, 15) is 14.7 Å². The first-order chi connectivity index (χ1) is 9.94. The molecule has 1 fully saturated rings. The van der Waals surface area contributed by atoms with E-state index in [1.54, 1.807) is 36.9 Å². The number of carbonyl (C=O) groups excluding carboxylic acids is 1. The van der Waals surface area contributed by atoms with Gasteiger partial charge in [0.1, 0.15) is 5.54 Å². The van der Waals surface area contributed by atoms with Crippen LogP contribution in [0.4, 0.5) is 0 Å². The largest absolute Gasteiger partial charge is 0.480 e. The molecule has 0 spiro atoms. The molecule has 2 N–H and O–H groups in total. The van der Waals surface area contributed by atoms with Crippen LogP contribution in [0, 0.1) is 0 Å². The fraction of sp³-hybridized carbons (Fsp3) is 0.467. The van der Waals surface area contributed by atoms with Crippen molar-refractivity contribution >= 4 is 35.2 Å². The number of carboxylic acid groups (broad SMARTS) is 1. The van der Waals surface area contributed by atoms with Crippen molar-refractivity contribution in [1.29, 1.82) is 0 Å². The molecule has 1 aromatic carbocycles. The van der Waals surface area contributed by atoms with E-state index in [4.69, 9.17) is 11.6 Å². The standard InChI is InChI=1S/C15H18ClNO3S/c1-10(11-3-2-4-12(16)9-11)13(18)17-15(14(19)20)5-7-21-8-6-15/h2-4,9-10H,5-8H2,1H3,(H,17,18)(H,19,20). The molecule has 1 heterocycles. The lowest BCUT2D eigenvalue weighted by Gasteiger charge is -2.34. The van der Waals surface area contributed by atoms with E-state index >= 15 is 0 Å². The Balaban J connectivity index is 2.13. The Labute approximate surface area is 133 Å². The Bertz CT molecular complexity index is 543. The van der Waals surface area contributed by atoms with Gasteiger partial charge in [-0.05, 0) is 49.0 Å². The number of carboxylic acids is 1. The van der Waals surface area contributed by atoms with Crippen LogP contribution in [0.15, 0.2) is 24.3 Å². The Morgan fingerprint density at radius 2 is 2.05 bits per heavy atom. The van der Waals surface area contributed by atoms with E-state index in [2.05, 4.69) is 5.32 Å². The zero-order chi connectivity index (χ0) is 15.5. The summed E-state index contributed by atoms with van der Waals surface area (Å²) in [4.78, 5) is 24.0. The maximum atomic E-state index is 12.4. The SMILES string of the molecule is CC(C(=O)NC1(C(=O)O)CCSCC1)c1cccc(Cl)c1. The summed E-state index contributed by atoms with van der Waals surface area (Å²) < 4.78 is 0. The molecule has 2 rings (SSSR count). The van der Waals surface area contributed by atoms with Crippen molar-refractivity contribution in [2.75, 3.05) is 11.5 Å². The van der Waals surface area contributed by atoms with Gasteiger partial charge in [-0.3, -0.25) is 4.79 Å². The van der Waals surface area contributed by atoms with Crippen molar-refractivity contribution in [2.45, 2.75) is 31.2 Å². The van der Waals surface area contributed by atoms with E-state index in [1.807, 2.05) is 6.07 Å². The van der Waals surface area contributed by atoms with Gasteiger partial charge in [0.25, 0.3) is 0 Å². The van der Waals surface area contributed by atoms with Crippen LogP contribution >= 0.6 is 23.4 Å². The second kappa shape index (κ2) is 6.71. The molecule has 1 unspecified atom stereocenters.